The lowest BCUT2D eigenvalue weighted by Crippen LogP contribution is -2.17. The van der Waals surface area contributed by atoms with E-state index in [1.165, 1.54) is 54.6 Å². The largest absolute Gasteiger partial charge is 0.507 e. The second-order valence-corrected chi connectivity index (χ2v) is 8.75. The highest BCUT2D eigenvalue weighted by Crippen LogP contribution is 2.31. The lowest BCUT2D eigenvalue weighted by molar-refractivity contribution is 0.0695. The van der Waals surface area contributed by atoms with Gasteiger partial charge in [0.15, 0.2) is 0 Å². The Morgan fingerprint density at radius 3 is 1.78 bits per heavy atom. The van der Waals surface area contributed by atoms with Gasteiger partial charge in [0.05, 0.1) is 34.7 Å². The molecule has 37 heavy (non-hydrogen) atoms. The Kier molecular flexibility index (Phi) is 8.23. The number of hydrogen-bond donors (Lipinski definition) is 5. The predicted octanol–water partition coefficient (Wildman–Crippen LogP) is 4.75. The number of aromatic hydroxyl groups is 1. The number of anilines is 3. The van der Waals surface area contributed by atoms with E-state index in [2.05, 4.69) is 10.6 Å². The van der Waals surface area contributed by atoms with Gasteiger partial charge in [-0.1, -0.05) is 0 Å². The SMILES string of the molecule is CC(C)Oc1cc(C(=O)O)ccc1NC(=O)c1ccc(NC(=O)c2ccc(N)cc2O)c(OC(C)C)c1. The third-order valence-corrected chi connectivity index (χ3v) is 4.96. The second-order valence-electron chi connectivity index (χ2n) is 8.75. The van der Waals surface area contributed by atoms with Crippen LogP contribution in [0.4, 0.5) is 17.1 Å². The van der Waals surface area contributed by atoms with Gasteiger partial charge in [0.25, 0.3) is 11.8 Å². The molecule has 0 aromatic heterocycles. The molecule has 0 saturated carbocycles. The molecule has 6 N–H and O–H groups in total. The summed E-state index contributed by atoms with van der Waals surface area (Å²) in [6, 6.07) is 12.8. The van der Waals surface area contributed by atoms with Crippen molar-refractivity contribution in [3.05, 3.63) is 71.3 Å². The Morgan fingerprint density at radius 1 is 0.757 bits per heavy atom. The molecule has 0 radical (unpaired) electrons. The molecule has 0 saturated heterocycles. The van der Waals surface area contributed by atoms with E-state index >= 15 is 0 Å². The summed E-state index contributed by atoms with van der Waals surface area (Å²) in [4.78, 5) is 37.2. The van der Waals surface area contributed by atoms with Crippen LogP contribution >= 0.6 is 0 Å². The molecule has 3 aromatic rings. The van der Waals surface area contributed by atoms with Crippen molar-refractivity contribution in [2.24, 2.45) is 0 Å². The van der Waals surface area contributed by atoms with Gasteiger partial charge in [-0.25, -0.2) is 4.79 Å². The second kappa shape index (κ2) is 11.3. The zero-order valence-electron chi connectivity index (χ0n) is 20.9. The number of benzene rings is 3. The van der Waals surface area contributed by atoms with Gasteiger partial charge in [0.2, 0.25) is 0 Å². The van der Waals surface area contributed by atoms with E-state index in [-0.39, 0.29) is 46.1 Å². The van der Waals surface area contributed by atoms with Gasteiger partial charge in [0.1, 0.15) is 17.2 Å². The molecule has 0 aliphatic heterocycles. The maximum Gasteiger partial charge on any atom is 0.335 e. The summed E-state index contributed by atoms with van der Waals surface area (Å²) in [5.41, 5.74) is 6.80. The smallest absolute Gasteiger partial charge is 0.335 e. The molecule has 10 heteroatoms. The molecule has 0 spiro atoms. The molecule has 10 nitrogen and oxygen atoms in total. The highest BCUT2D eigenvalue weighted by molar-refractivity contribution is 6.09. The molecular weight excluding hydrogens is 478 g/mol. The number of carbonyl (C=O) groups excluding carboxylic acids is 2. The maximum atomic E-state index is 13.1. The van der Waals surface area contributed by atoms with E-state index in [9.17, 15) is 24.6 Å². The summed E-state index contributed by atoms with van der Waals surface area (Å²) in [7, 11) is 0. The van der Waals surface area contributed by atoms with Crippen LogP contribution in [-0.2, 0) is 0 Å². The lowest BCUT2D eigenvalue weighted by atomic mass is 10.1. The fourth-order valence-corrected chi connectivity index (χ4v) is 3.35. The fourth-order valence-electron chi connectivity index (χ4n) is 3.35. The number of nitrogen functional groups attached to an aromatic ring is 1. The first kappa shape index (κ1) is 26.9. The Balaban J connectivity index is 1.89. The Bertz CT molecular complexity index is 1340. The van der Waals surface area contributed by atoms with Gasteiger partial charge in [-0.15, -0.1) is 0 Å². The van der Waals surface area contributed by atoms with Crippen molar-refractivity contribution in [1.82, 2.24) is 0 Å². The van der Waals surface area contributed by atoms with Crippen LogP contribution in [0.5, 0.6) is 17.2 Å². The van der Waals surface area contributed by atoms with Crippen LogP contribution in [-0.4, -0.2) is 40.2 Å². The van der Waals surface area contributed by atoms with E-state index < -0.39 is 17.8 Å². The first-order chi connectivity index (χ1) is 17.4. The number of ether oxygens (including phenoxy) is 2. The minimum Gasteiger partial charge on any atom is -0.507 e. The maximum absolute atomic E-state index is 13.1. The van der Waals surface area contributed by atoms with Crippen LogP contribution in [0.25, 0.3) is 0 Å². The summed E-state index contributed by atoms with van der Waals surface area (Å²) in [6.07, 6.45) is -0.525. The number of aromatic carboxylic acids is 1. The van der Waals surface area contributed by atoms with Crippen molar-refractivity contribution < 1.29 is 34.1 Å². The van der Waals surface area contributed by atoms with Gasteiger partial charge in [-0.2, -0.15) is 0 Å². The summed E-state index contributed by atoms with van der Waals surface area (Å²) < 4.78 is 11.5. The van der Waals surface area contributed by atoms with Gasteiger partial charge in [0, 0.05) is 17.3 Å². The normalized spacial score (nSPS) is 10.8. The summed E-state index contributed by atoms with van der Waals surface area (Å²) in [5.74, 6) is -2.02. The molecule has 194 valence electrons. The molecular formula is C27H29N3O7. The van der Waals surface area contributed by atoms with Crippen molar-refractivity contribution >= 4 is 34.8 Å². The molecule has 0 fully saturated rings. The highest BCUT2D eigenvalue weighted by Gasteiger charge is 2.19. The number of phenols is 1. The van der Waals surface area contributed by atoms with Crippen molar-refractivity contribution in [3.8, 4) is 17.2 Å². The quantitative estimate of drug-likeness (QED) is 0.259. The van der Waals surface area contributed by atoms with Crippen molar-refractivity contribution in [2.45, 2.75) is 39.9 Å². The number of nitrogens with one attached hydrogen (secondary N) is 2. The highest BCUT2D eigenvalue weighted by atomic mass is 16.5. The number of carboxylic acid groups (broad SMARTS) is 1. The van der Waals surface area contributed by atoms with Crippen LogP contribution in [0.2, 0.25) is 0 Å². The number of carboxylic acids is 1. The molecule has 0 atom stereocenters. The third-order valence-electron chi connectivity index (χ3n) is 4.96. The molecule has 3 rings (SSSR count). The van der Waals surface area contributed by atoms with Crippen LogP contribution in [0.1, 0.15) is 58.8 Å². The average molecular weight is 508 g/mol. The van der Waals surface area contributed by atoms with Crippen molar-refractivity contribution in [1.29, 1.82) is 0 Å². The lowest BCUT2D eigenvalue weighted by Gasteiger charge is -2.18. The third kappa shape index (κ3) is 6.91. The van der Waals surface area contributed by atoms with Gasteiger partial charge in [-0.3, -0.25) is 9.59 Å². The molecule has 0 heterocycles. The van der Waals surface area contributed by atoms with Crippen molar-refractivity contribution in [3.63, 3.8) is 0 Å². The molecule has 0 bridgehead atoms. The molecule has 0 unspecified atom stereocenters. The van der Waals surface area contributed by atoms with Gasteiger partial charge in [-0.05, 0) is 76.2 Å². The van der Waals surface area contributed by atoms with Crippen LogP contribution in [0, 0.1) is 0 Å². The standard InChI is InChI=1S/C27H29N3O7/c1-14(2)36-23-11-16(5-9-21(23)30-26(33)19-8-7-18(28)13-22(19)31)25(32)29-20-10-6-17(27(34)35)12-24(20)37-15(3)4/h5-15,31H,28H2,1-4H3,(H,29,32)(H,30,33)(H,34,35). The number of carbonyl (C=O) groups is 3. The number of phenolic OH excluding ortho intramolecular Hbond substituents is 1. The molecule has 0 aliphatic carbocycles. The fraction of sp³-hybridized carbons (Fsp3) is 0.222. The van der Waals surface area contributed by atoms with E-state index in [1.807, 2.05) is 0 Å². The first-order valence-electron chi connectivity index (χ1n) is 11.5. The minimum atomic E-state index is -1.12. The topological polar surface area (TPSA) is 160 Å². The summed E-state index contributed by atoms with van der Waals surface area (Å²) >= 11 is 0. The number of amides is 2. The van der Waals surface area contributed by atoms with E-state index in [0.29, 0.717) is 17.1 Å². The molecule has 3 aromatic carbocycles. The Morgan fingerprint density at radius 2 is 1.27 bits per heavy atom. The van der Waals surface area contributed by atoms with E-state index in [0.717, 1.165) is 0 Å². The van der Waals surface area contributed by atoms with Gasteiger partial charge >= 0.3 is 5.97 Å². The van der Waals surface area contributed by atoms with Crippen LogP contribution in [0.15, 0.2) is 54.6 Å². The van der Waals surface area contributed by atoms with Crippen LogP contribution in [0.3, 0.4) is 0 Å². The summed E-state index contributed by atoms with van der Waals surface area (Å²) in [6.45, 7) is 7.16. The Hall–Kier alpha value is -4.73. The van der Waals surface area contributed by atoms with Crippen LogP contribution < -0.4 is 25.8 Å². The minimum absolute atomic E-state index is 0.0218. The van der Waals surface area contributed by atoms with E-state index in [1.54, 1.807) is 27.7 Å². The number of nitrogens with two attached hydrogens (primary N) is 1. The Labute approximate surface area is 214 Å². The van der Waals surface area contributed by atoms with Crippen molar-refractivity contribution in [2.75, 3.05) is 16.4 Å². The molecule has 2 amide bonds. The average Bonchev–Trinajstić information content (AvgIpc) is 2.80. The zero-order valence-corrected chi connectivity index (χ0v) is 20.9. The van der Waals surface area contributed by atoms with Gasteiger partial charge < -0.3 is 36.1 Å². The van der Waals surface area contributed by atoms with E-state index in [4.69, 9.17) is 15.2 Å². The zero-order chi connectivity index (χ0) is 27.3. The predicted molar refractivity (Wildman–Crippen MR) is 140 cm³/mol. The first-order valence-corrected chi connectivity index (χ1v) is 11.5. The summed E-state index contributed by atoms with van der Waals surface area (Å²) in [5, 5.41) is 24.8. The molecule has 0 aliphatic rings. The number of rotatable bonds is 9. The monoisotopic (exact) mass is 507 g/mol. The number of hydrogen-bond acceptors (Lipinski definition) is 7.